The van der Waals surface area contributed by atoms with Crippen molar-refractivity contribution in [3.63, 3.8) is 0 Å². The van der Waals surface area contributed by atoms with Crippen LogP contribution in [0.2, 0.25) is 0 Å². The first-order valence-electron chi connectivity index (χ1n) is 6.58. The molecule has 21 heavy (non-hydrogen) atoms. The summed E-state index contributed by atoms with van der Waals surface area (Å²) in [6.45, 7) is 2.15. The van der Waals surface area contributed by atoms with Gasteiger partial charge in [-0.25, -0.2) is 18.4 Å². The van der Waals surface area contributed by atoms with Gasteiger partial charge < -0.3 is 9.84 Å². The molecule has 0 radical (unpaired) electrons. The molecule has 0 aliphatic heterocycles. The number of aliphatic hydroxyl groups is 1. The Kier molecular flexibility index (Phi) is 4.98. The Balaban J connectivity index is 2.29. The summed E-state index contributed by atoms with van der Waals surface area (Å²) in [7, 11) is 0. The van der Waals surface area contributed by atoms with E-state index in [4.69, 9.17) is 9.84 Å². The number of hydrogen-bond acceptors (Lipinski definition) is 4. The van der Waals surface area contributed by atoms with E-state index in [1.165, 1.54) is 29.5 Å². The number of aliphatic hydroxyl groups excluding tert-OH is 1. The second kappa shape index (κ2) is 6.73. The van der Waals surface area contributed by atoms with Crippen molar-refractivity contribution >= 4 is 0 Å². The molecule has 7 heteroatoms. The summed E-state index contributed by atoms with van der Waals surface area (Å²) in [5.41, 5.74) is -0.807. The molecular formula is C14H17F2N3O2. The van der Waals surface area contributed by atoms with Crippen molar-refractivity contribution < 1.29 is 18.6 Å². The first-order chi connectivity index (χ1) is 10.0. The zero-order valence-electron chi connectivity index (χ0n) is 11.7. The molecule has 1 aromatic heterocycles. The molecule has 5 nitrogen and oxygen atoms in total. The first-order valence-corrected chi connectivity index (χ1v) is 6.58. The molecular weight excluding hydrogens is 280 g/mol. The highest BCUT2D eigenvalue weighted by Crippen LogP contribution is 2.30. The van der Waals surface area contributed by atoms with Crippen molar-refractivity contribution in [1.82, 2.24) is 14.8 Å². The van der Waals surface area contributed by atoms with Gasteiger partial charge >= 0.3 is 0 Å². The van der Waals surface area contributed by atoms with Crippen molar-refractivity contribution in [3.05, 3.63) is 48.1 Å². The summed E-state index contributed by atoms with van der Waals surface area (Å²) < 4.78 is 34.4. The molecule has 0 spiro atoms. The lowest BCUT2D eigenvalue weighted by molar-refractivity contribution is -0.0573. The minimum absolute atomic E-state index is 0.0225. The Hall–Kier alpha value is -1.86. The normalized spacial score (nSPS) is 14.1. The summed E-state index contributed by atoms with van der Waals surface area (Å²) in [6.07, 6.45) is 3.29. The summed E-state index contributed by atoms with van der Waals surface area (Å²) in [5.74, 6) is -1.32. The smallest absolute Gasteiger partial charge is 0.137 e. The van der Waals surface area contributed by atoms with Crippen LogP contribution in [-0.2, 0) is 16.9 Å². The third kappa shape index (κ3) is 3.83. The maximum Gasteiger partial charge on any atom is 0.137 e. The molecule has 0 aliphatic carbocycles. The summed E-state index contributed by atoms with van der Waals surface area (Å²) in [4.78, 5) is 3.84. The number of halogens is 2. The molecule has 2 rings (SSSR count). The molecule has 0 bridgehead atoms. The van der Waals surface area contributed by atoms with E-state index in [1.54, 1.807) is 6.92 Å². The summed E-state index contributed by atoms with van der Waals surface area (Å²) >= 11 is 0. The zero-order chi connectivity index (χ0) is 15.3. The second-order valence-corrected chi connectivity index (χ2v) is 4.87. The fourth-order valence-corrected chi connectivity index (χ4v) is 2.11. The molecule has 1 aromatic carbocycles. The van der Waals surface area contributed by atoms with Gasteiger partial charge in [0.25, 0.3) is 0 Å². The highest BCUT2D eigenvalue weighted by molar-refractivity contribution is 5.24. The monoisotopic (exact) mass is 297 g/mol. The van der Waals surface area contributed by atoms with Crippen molar-refractivity contribution in [2.45, 2.75) is 25.5 Å². The van der Waals surface area contributed by atoms with Gasteiger partial charge in [-0.05, 0) is 19.4 Å². The Labute approximate surface area is 121 Å². The predicted octanol–water partition coefficient (Wildman–Crippen LogP) is 1.87. The van der Waals surface area contributed by atoms with Gasteiger partial charge in [0.2, 0.25) is 0 Å². The lowest BCUT2D eigenvalue weighted by Gasteiger charge is -2.30. The van der Waals surface area contributed by atoms with Gasteiger partial charge in [0.1, 0.15) is 29.9 Å². The lowest BCUT2D eigenvalue weighted by atomic mass is 9.95. The highest BCUT2D eigenvalue weighted by Gasteiger charge is 2.31. The van der Waals surface area contributed by atoms with Crippen LogP contribution in [0.25, 0.3) is 0 Å². The van der Waals surface area contributed by atoms with Crippen LogP contribution < -0.4 is 0 Å². The van der Waals surface area contributed by atoms with Crippen molar-refractivity contribution in [2.24, 2.45) is 0 Å². The highest BCUT2D eigenvalue weighted by atomic mass is 19.1. The van der Waals surface area contributed by atoms with E-state index < -0.39 is 17.2 Å². The van der Waals surface area contributed by atoms with E-state index in [0.717, 1.165) is 6.07 Å². The van der Waals surface area contributed by atoms with Crippen LogP contribution in [0.4, 0.5) is 8.78 Å². The van der Waals surface area contributed by atoms with E-state index >= 15 is 0 Å². The maximum absolute atomic E-state index is 14.1. The van der Waals surface area contributed by atoms with Crippen LogP contribution in [0.1, 0.15) is 18.9 Å². The van der Waals surface area contributed by atoms with Gasteiger partial charge in [-0.15, -0.1) is 0 Å². The van der Waals surface area contributed by atoms with Gasteiger partial charge in [-0.3, -0.25) is 0 Å². The average molecular weight is 297 g/mol. The molecule has 0 amide bonds. The van der Waals surface area contributed by atoms with Crippen LogP contribution >= 0.6 is 0 Å². The topological polar surface area (TPSA) is 60.2 Å². The molecule has 0 aliphatic rings. The minimum Gasteiger partial charge on any atom is -0.396 e. The molecule has 2 aromatic rings. The summed E-state index contributed by atoms with van der Waals surface area (Å²) in [6, 6.07) is 3.37. The SMILES string of the molecule is C[C@](Cn1cncn1)(OCCCO)c1ccc(F)cc1F. The molecule has 1 atom stereocenters. The van der Waals surface area contributed by atoms with Crippen LogP contribution in [0.5, 0.6) is 0 Å². The zero-order valence-corrected chi connectivity index (χ0v) is 11.7. The van der Waals surface area contributed by atoms with E-state index in [1.807, 2.05) is 0 Å². The standard InChI is InChI=1S/C14H17F2N3O2/c1-14(21-6-2-5-20,8-19-10-17-9-18-19)12-4-3-11(15)7-13(12)16/h3-4,7,9-10,20H,2,5-6,8H2,1H3/t14-/m1/s1. The third-order valence-electron chi connectivity index (χ3n) is 3.15. The molecule has 0 fully saturated rings. The van der Waals surface area contributed by atoms with Gasteiger partial charge in [-0.1, -0.05) is 6.07 Å². The predicted molar refractivity (Wildman–Crippen MR) is 71.4 cm³/mol. The van der Waals surface area contributed by atoms with Crippen LogP contribution in [0.15, 0.2) is 30.9 Å². The summed E-state index contributed by atoms with van der Waals surface area (Å²) in [5, 5.41) is 12.8. The molecule has 1 N–H and O–H groups in total. The maximum atomic E-state index is 14.1. The Morgan fingerprint density at radius 1 is 1.38 bits per heavy atom. The number of ether oxygens (including phenoxy) is 1. The van der Waals surface area contributed by atoms with Crippen LogP contribution in [-0.4, -0.2) is 33.1 Å². The van der Waals surface area contributed by atoms with Crippen LogP contribution in [0.3, 0.4) is 0 Å². The fourth-order valence-electron chi connectivity index (χ4n) is 2.11. The van der Waals surface area contributed by atoms with Gasteiger partial charge in [-0.2, -0.15) is 5.10 Å². The minimum atomic E-state index is -1.04. The number of hydrogen-bond donors (Lipinski definition) is 1. The quantitative estimate of drug-likeness (QED) is 0.793. The number of rotatable bonds is 7. The van der Waals surface area contributed by atoms with Crippen molar-refractivity contribution in [3.8, 4) is 0 Å². The van der Waals surface area contributed by atoms with Gasteiger partial charge in [0.15, 0.2) is 0 Å². The Morgan fingerprint density at radius 2 is 2.19 bits per heavy atom. The van der Waals surface area contributed by atoms with Crippen molar-refractivity contribution in [2.75, 3.05) is 13.2 Å². The average Bonchev–Trinajstić information content (AvgIpc) is 2.91. The number of benzene rings is 1. The lowest BCUT2D eigenvalue weighted by Crippen LogP contribution is -2.33. The molecule has 0 unspecified atom stereocenters. The van der Waals surface area contributed by atoms with E-state index in [-0.39, 0.29) is 25.3 Å². The van der Waals surface area contributed by atoms with Crippen LogP contribution in [0, 0.1) is 11.6 Å². The molecule has 114 valence electrons. The van der Waals surface area contributed by atoms with Gasteiger partial charge in [0, 0.05) is 18.2 Å². The molecule has 1 heterocycles. The largest absolute Gasteiger partial charge is 0.396 e. The second-order valence-electron chi connectivity index (χ2n) is 4.87. The van der Waals surface area contributed by atoms with Crippen molar-refractivity contribution in [1.29, 1.82) is 0 Å². The Morgan fingerprint density at radius 3 is 2.81 bits per heavy atom. The fraction of sp³-hybridized carbons (Fsp3) is 0.429. The van der Waals surface area contributed by atoms with E-state index in [0.29, 0.717) is 6.42 Å². The Bertz CT molecular complexity index is 578. The molecule has 0 saturated heterocycles. The molecule has 0 saturated carbocycles. The first kappa shape index (κ1) is 15.5. The van der Waals surface area contributed by atoms with Gasteiger partial charge in [0.05, 0.1) is 13.2 Å². The third-order valence-corrected chi connectivity index (χ3v) is 3.15. The van der Waals surface area contributed by atoms with E-state index in [9.17, 15) is 8.78 Å². The number of nitrogens with zero attached hydrogens (tertiary/aromatic N) is 3. The number of aromatic nitrogens is 3. The van der Waals surface area contributed by atoms with E-state index in [2.05, 4.69) is 10.1 Å².